The van der Waals surface area contributed by atoms with E-state index in [2.05, 4.69) is 9.88 Å². The van der Waals surface area contributed by atoms with E-state index in [0.29, 0.717) is 6.54 Å². The minimum Gasteiger partial charge on any atom is -0.454 e. The van der Waals surface area contributed by atoms with Gasteiger partial charge >= 0.3 is 0 Å². The SMILES string of the molecule is O=C1N(Cc2cccc3c2OCO3)CCCC12CCN(c1cnc3ccccc3n1)CC2. The molecule has 3 aliphatic rings. The molecule has 0 unspecified atom stereocenters. The quantitative estimate of drug-likeness (QED) is 0.630. The number of piperidine rings is 2. The number of hydrogen-bond acceptors (Lipinski definition) is 6. The lowest BCUT2D eigenvalue weighted by Crippen LogP contribution is -2.53. The zero-order chi connectivity index (χ0) is 21.5. The molecule has 1 spiro atoms. The van der Waals surface area contributed by atoms with Crippen LogP contribution in [0.15, 0.2) is 48.7 Å². The van der Waals surface area contributed by atoms with Gasteiger partial charge in [0.15, 0.2) is 11.5 Å². The van der Waals surface area contributed by atoms with Crippen LogP contribution >= 0.6 is 0 Å². The molecule has 0 radical (unpaired) electrons. The van der Waals surface area contributed by atoms with Crippen molar-refractivity contribution in [1.82, 2.24) is 14.9 Å². The molecule has 2 saturated heterocycles. The van der Waals surface area contributed by atoms with Gasteiger partial charge in [-0.2, -0.15) is 0 Å². The first kappa shape index (κ1) is 19.3. The van der Waals surface area contributed by atoms with Crippen LogP contribution in [0.5, 0.6) is 11.5 Å². The van der Waals surface area contributed by atoms with Crippen molar-refractivity contribution >= 4 is 22.8 Å². The lowest BCUT2D eigenvalue weighted by Gasteiger charge is -2.46. The number of anilines is 1. The fourth-order valence-electron chi connectivity index (χ4n) is 5.35. The molecule has 0 atom stereocenters. The largest absolute Gasteiger partial charge is 0.454 e. The molecule has 2 aromatic carbocycles. The van der Waals surface area contributed by atoms with Gasteiger partial charge in [-0.05, 0) is 43.9 Å². The smallest absolute Gasteiger partial charge is 0.231 e. The molecule has 1 aromatic heterocycles. The number of amides is 1. The summed E-state index contributed by atoms with van der Waals surface area (Å²) in [6.07, 6.45) is 5.56. The number of aromatic nitrogens is 2. The normalized spacial score (nSPS) is 19.7. The minimum absolute atomic E-state index is 0.248. The van der Waals surface area contributed by atoms with Crippen molar-refractivity contribution in [3.05, 3.63) is 54.2 Å². The summed E-state index contributed by atoms with van der Waals surface area (Å²) in [6.45, 7) is 3.27. The highest BCUT2D eigenvalue weighted by Crippen LogP contribution is 2.43. The summed E-state index contributed by atoms with van der Waals surface area (Å²) in [7, 11) is 0. The van der Waals surface area contributed by atoms with Crippen LogP contribution in [0, 0.1) is 5.41 Å². The molecular weight excluding hydrogens is 404 g/mol. The molecule has 32 heavy (non-hydrogen) atoms. The Hall–Kier alpha value is -3.35. The molecular formula is C25H26N4O3. The number of carbonyl (C=O) groups is 1. The first-order valence-corrected chi connectivity index (χ1v) is 11.4. The average molecular weight is 431 g/mol. The van der Waals surface area contributed by atoms with Crippen LogP contribution in [0.4, 0.5) is 5.82 Å². The predicted molar refractivity (Wildman–Crippen MR) is 121 cm³/mol. The Morgan fingerprint density at radius 1 is 0.938 bits per heavy atom. The Morgan fingerprint density at radius 2 is 1.78 bits per heavy atom. The molecule has 7 nitrogen and oxygen atoms in total. The maximum absolute atomic E-state index is 13.6. The van der Waals surface area contributed by atoms with Crippen LogP contribution in [0.1, 0.15) is 31.2 Å². The molecule has 7 heteroatoms. The number of para-hydroxylation sites is 3. The van der Waals surface area contributed by atoms with E-state index in [0.717, 1.165) is 79.2 Å². The Bertz CT molecular complexity index is 1170. The molecule has 164 valence electrons. The monoisotopic (exact) mass is 430 g/mol. The van der Waals surface area contributed by atoms with Crippen molar-refractivity contribution in [1.29, 1.82) is 0 Å². The van der Waals surface area contributed by atoms with E-state index in [4.69, 9.17) is 14.5 Å². The number of nitrogens with zero attached hydrogens (tertiary/aromatic N) is 4. The van der Waals surface area contributed by atoms with Gasteiger partial charge in [0.05, 0.1) is 22.6 Å². The molecule has 6 rings (SSSR count). The molecule has 2 fully saturated rings. The molecule has 0 aliphatic carbocycles. The summed E-state index contributed by atoms with van der Waals surface area (Å²) in [4.78, 5) is 27.3. The summed E-state index contributed by atoms with van der Waals surface area (Å²) in [5, 5.41) is 0. The fourth-order valence-corrected chi connectivity index (χ4v) is 5.35. The first-order chi connectivity index (χ1) is 15.7. The molecule has 0 bridgehead atoms. The van der Waals surface area contributed by atoms with Crippen molar-refractivity contribution in [3.63, 3.8) is 0 Å². The van der Waals surface area contributed by atoms with Crippen LogP contribution < -0.4 is 14.4 Å². The second kappa shape index (κ2) is 7.65. The van der Waals surface area contributed by atoms with Gasteiger partial charge in [-0.3, -0.25) is 9.78 Å². The second-order valence-electron chi connectivity index (χ2n) is 8.97. The molecule has 4 heterocycles. The third-order valence-corrected chi connectivity index (χ3v) is 7.14. The van der Waals surface area contributed by atoms with E-state index in [1.165, 1.54) is 0 Å². The first-order valence-electron chi connectivity index (χ1n) is 11.4. The Labute approximate surface area is 187 Å². The summed E-state index contributed by atoms with van der Waals surface area (Å²) >= 11 is 0. The number of fused-ring (bicyclic) bond motifs is 2. The third-order valence-electron chi connectivity index (χ3n) is 7.14. The van der Waals surface area contributed by atoms with E-state index in [-0.39, 0.29) is 18.1 Å². The van der Waals surface area contributed by atoms with Gasteiger partial charge in [-0.25, -0.2) is 4.98 Å². The zero-order valence-electron chi connectivity index (χ0n) is 18.0. The van der Waals surface area contributed by atoms with E-state index in [9.17, 15) is 4.79 Å². The Balaban J connectivity index is 1.17. The third kappa shape index (κ3) is 3.23. The molecule has 1 amide bonds. The maximum atomic E-state index is 13.6. The lowest BCUT2D eigenvalue weighted by atomic mass is 9.71. The van der Waals surface area contributed by atoms with Crippen molar-refractivity contribution in [3.8, 4) is 11.5 Å². The summed E-state index contributed by atoms with van der Waals surface area (Å²) in [5.74, 6) is 2.73. The van der Waals surface area contributed by atoms with Crippen molar-refractivity contribution in [2.45, 2.75) is 32.2 Å². The van der Waals surface area contributed by atoms with Crippen LogP contribution in [-0.2, 0) is 11.3 Å². The van der Waals surface area contributed by atoms with E-state index < -0.39 is 0 Å². The van der Waals surface area contributed by atoms with Crippen LogP contribution in [-0.4, -0.2) is 47.2 Å². The maximum Gasteiger partial charge on any atom is 0.231 e. The summed E-state index contributed by atoms with van der Waals surface area (Å²) in [5.41, 5.74) is 2.57. The van der Waals surface area contributed by atoms with Gasteiger partial charge in [0.25, 0.3) is 0 Å². The fraction of sp³-hybridized carbons (Fsp3) is 0.400. The van der Waals surface area contributed by atoms with Gasteiger partial charge in [0.2, 0.25) is 12.7 Å². The molecule has 3 aromatic rings. The highest BCUT2D eigenvalue weighted by Gasteiger charge is 2.46. The van der Waals surface area contributed by atoms with Crippen LogP contribution in [0.25, 0.3) is 11.0 Å². The van der Waals surface area contributed by atoms with Gasteiger partial charge in [0.1, 0.15) is 5.82 Å². The average Bonchev–Trinajstić information content (AvgIpc) is 3.32. The van der Waals surface area contributed by atoms with Crippen molar-refractivity contribution in [2.75, 3.05) is 31.3 Å². The van der Waals surface area contributed by atoms with Crippen molar-refractivity contribution < 1.29 is 14.3 Å². The molecule has 0 saturated carbocycles. The Kier molecular flexibility index (Phi) is 4.63. The second-order valence-corrected chi connectivity index (χ2v) is 8.97. The summed E-state index contributed by atoms with van der Waals surface area (Å²) < 4.78 is 11.2. The Morgan fingerprint density at radius 3 is 2.66 bits per heavy atom. The van der Waals surface area contributed by atoms with Crippen LogP contribution in [0.3, 0.4) is 0 Å². The zero-order valence-corrected chi connectivity index (χ0v) is 18.0. The summed E-state index contributed by atoms with van der Waals surface area (Å²) in [6, 6.07) is 13.8. The standard InChI is InChI=1S/C25H26N4O3/c30-24-25(9-4-12-29(24)16-18-5-3-8-21-23(18)32-17-31-21)10-13-28(14-11-25)22-15-26-19-6-1-2-7-20(19)27-22/h1-3,5-8,15H,4,9-14,16-17H2. The number of carbonyl (C=O) groups excluding carboxylic acids is 1. The highest BCUT2D eigenvalue weighted by atomic mass is 16.7. The van der Waals surface area contributed by atoms with Gasteiger partial charge in [-0.15, -0.1) is 0 Å². The number of rotatable bonds is 3. The van der Waals surface area contributed by atoms with Gasteiger partial charge < -0.3 is 19.3 Å². The predicted octanol–water partition coefficient (Wildman–Crippen LogP) is 3.77. The minimum atomic E-state index is -0.270. The van der Waals surface area contributed by atoms with Gasteiger partial charge in [0, 0.05) is 31.7 Å². The van der Waals surface area contributed by atoms with Gasteiger partial charge in [-0.1, -0.05) is 24.3 Å². The number of ether oxygens (including phenoxy) is 2. The van der Waals surface area contributed by atoms with Crippen LogP contribution in [0.2, 0.25) is 0 Å². The van der Waals surface area contributed by atoms with Crippen molar-refractivity contribution in [2.24, 2.45) is 5.41 Å². The molecule has 3 aliphatic heterocycles. The van der Waals surface area contributed by atoms with E-state index in [1.807, 2.05) is 53.6 Å². The molecule has 0 N–H and O–H groups in total. The topological polar surface area (TPSA) is 67.8 Å². The van der Waals surface area contributed by atoms with E-state index >= 15 is 0 Å². The number of hydrogen-bond donors (Lipinski definition) is 0. The van der Waals surface area contributed by atoms with E-state index in [1.54, 1.807) is 0 Å². The number of benzene rings is 2. The highest BCUT2D eigenvalue weighted by molar-refractivity contribution is 5.84. The number of likely N-dealkylation sites (tertiary alicyclic amines) is 1. The lowest BCUT2D eigenvalue weighted by molar-refractivity contribution is -0.148.